The van der Waals surface area contributed by atoms with Crippen molar-refractivity contribution >= 4 is 28.1 Å². The molecule has 0 aromatic carbocycles. The molecule has 1 aliphatic carbocycles. The standard InChI is InChI=1S/C11H17ClN2S/c1-8-5-3-4-6-9(8)14(2)11-13-10(12)7-15-11/h7-9H,3-6H2,1-2H3. The van der Waals surface area contributed by atoms with Crippen molar-refractivity contribution in [2.75, 3.05) is 11.9 Å². The fraction of sp³-hybridized carbons (Fsp3) is 0.727. The summed E-state index contributed by atoms with van der Waals surface area (Å²) in [7, 11) is 2.14. The predicted molar refractivity (Wildman–Crippen MR) is 66.9 cm³/mol. The highest BCUT2D eigenvalue weighted by molar-refractivity contribution is 7.14. The van der Waals surface area contributed by atoms with Crippen LogP contribution in [-0.2, 0) is 0 Å². The second-order valence-corrected chi connectivity index (χ2v) is 5.62. The van der Waals surface area contributed by atoms with Gasteiger partial charge in [-0.15, -0.1) is 11.3 Å². The Morgan fingerprint density at radius 2 is 2.20 bits per heavy atom. The molecule has 0 spiro atoms. The van der Waals surface area contributed by atoms with Crippen molar-refractivity contribution in [2.45, 2.75) is 38.6 Å². The number of rotatable bonds is 2. The van der Waals surface area contributed by atoms with Gasteiger partial charge in [-0.2, -0.15) is 0 Å². The number of halogens is 1. The molecule has 4 heteroatoms. The Morgan fingerprint density at radius 3 is 2.80 bits per heavy atom. The minimum absolute atomic E-state index is 0.616. The molecule has 1 aromatic rings. The average Bonchev–Trinajstić information content (AvgIpc) is 2.65. The van der Waals surface area contributed by atoms with Crippen molar-refractivity contribution in [2.24, 2.45) is 5.92 Å². The average molecular weight is 245 g/mol. The first-order valence-electron chi connectivity index (χ1n) is 5.52. The van der Waals surface area contributed by atoms with Crippen LogP contribution in [0.15, 0.2) is 5.38 Å². The van der Waals surface area contributed by atoms with Crippen LogP contribution >= 0.6 is 22.9 Å². The van der Waals surface area contributed by atoms with Gasteiger partial charge in [0.2, 0.25) is 0 Å². The Labute approximate surface area is 100 Å². The lowest BCUT2D eigenvalue weighted by Gasteiger charge is -2.36. The zero-order valence-corrected chi connectivity index (χ0v) is 10.8. The van der Waals surface area contributed by atoms with Crippen LogP contribution in [0.4, 0.5) is 5.13 Å². The van der Waals surface area contributed by atoms with Crippen LogP contribution in [0.5, 0.6) is 0 Å². The van der Waals surface area contributed by atoms with Crippen LogP contribution in [0.25, 0.3) is 0 Å². The van der Waals surface area contributed by atoms with Crippen molar-refractivity contribution in [3.8, 4) is 0 Å². The molecule has 0 amide bonds. The van der Waals surface area contributed by atoms with Crippen molar-refractivity contribution in [1.82, 2.24) is 4.98 Å². The minimum Gasteiger partial charge on any atom is -0.348 e. The van der Waals surface area contributed by atoms with Crippen molar-refractivity contribution < 1.29 is 0 Å². The maximum atomic E-state index is 5.85. The van der Waals surface area contributed by atoms with E-state index < -0.39 is 0 Å². The second-order valence-electron chi connectivity index (χ2n) is 4.39. The third kappa shape index (κ3) is 2.45. The summed E-state index contributed by atoms with van der Waals surface area (Å²) in [6.07, 6.45) is 5.35. The molecule has 1 fully saturated rings. The van der Waals surface area contributed by atoms with Crippen LogP contribution in [0.2, 0.25) is 5.15 Å². The highest BCUT2D eigenvalue weighted by atomic mass is 35.5. The van der Waals surface area contributed by atoms with Crippen molar-refractivity contribution in [3.63, 3.8) is 0 Å². The molecule has 0 radical (unpaired) electrons. The quantitative estimate of drug-likeness (QED) is 0.787. The van der Waals surface area contributed by atoms with Gasteiger partial charge in [0.05, 0.1) is 0 Å². The van der Waals surface area contributed by atoms with E-state index in [1.165, 1.54) is 25.7 Å². The summed E-state index contributed by atoms with van der Waals surface area (Å²) in [6, 6.07) is 0.640. The van der Waals surface area contributed by atoms with Crippen LogP contribution in [-0.4, -0.2) is 18.1 Å². The van der Waals surface area contributed by atoms with E-state index in [4.69, 9.17) is 11.6 Å². The summed E-state index contributed by atoms with van der Waals surface area (Å²) >= 11 is 7.49. The summed E-state index contributed by atoms with van der Waals surface area (Å²) < 4.78 is 0. The maximum absolute atomic E-state index is 5.85. The first-order chi connectivity index (χ1) is 7.18. The van der Waals surface area contributed by atoms with Gasteiger partial charge in [0.15, 0.2) is 5.13 Å². The molecule has 2 nitrogen and oxygen atoms in total. The van der Waals surface area contributed by atoms with Gasteiger partial charge in [-0.3, -0.25) is 0 Å². The Bertz CT molecular complexity index is 326. The lowest BCUT2D eigenvalue weighted by atomic mass is 9.85. The molecular formula is C11H17ClN2S. The summed E-state index contributed by atoms with van der Waals surface area (Å²) in [5.74, 6) is 0.770. The third-order valence-corrected chi connectivity index (χ3v) is 4.58. The van der Waals surface area contributed by atoms with Crippen molar-refractivity contribution in [3.05, 3.63) is 10.5 Å². The number of nitrogens with zero attached hydrogens (tertiary/aromatic N) is 2. The van der Waals surface area contributed by atoms with E-state index in [1.54, 1.807) is 11.3 Å². The first kappa shape index (κ1) is 11.2. The van der Waals surface area contributed by atoms with E-state index in [1.807, 2.05) is 5.38 Å². The maximum Gasteiger partial charge on any atom is 0.186 e. The normalized spacial score (nSPS) is 26.6. The van der Waals surface area contributed by atoms with Gasteiger partial charge in [-0.1, -0.05) is 31.4 Å². The Morgan fingerprint density at radius 1 is 1.47 bits per heavy atom. The van der Waals surface area contributed by atoms with Gasteiger partial charge >= 0.3 is 0 Å². The molecule has 84 valence electrons. The van der Waals surface area contributed by atoms with Crippen LogP contribution in [0.1, 0.15) is 32.6 Å². The van der Waals surface area contributed by atoms with Gasteiger partial charge in [-0.25, -0.2) is 4.98 Å². The molecule has 2 atom stereocenters. The van der Waals surface area contributed by atoms with Crippen LogP contribution in [0.3, 0.4) is 0 Å². The Kier molecular flexibility index (Phi) is 3.52. The SMILES string of the molecule is CC1CCCCC1N(C)c1nc(Cl)cs1. The van der Waals surface area contributed by atoms with E-state index >= 15 is 0 Å². The zero-order valence-electron chi connectivity index (χ0n) is 9.24. The summed E-state index contributed by atoms with van der Waals surface area (Å²) in [5, 5.41) is 3.57. The van der Waals surface area contributed by atoms with Gasteiger partial charge in [0.1, 0.15) is 5.15 Å². The lowest BCUT2D eigenvalue weighted by Crippen LogP contribution is -2.38. The molecule has 2 unspecified atom stereocenters. The number of anilines is 1. The number of hydrogen-bond acceptors (Lipinski definition) is 3. The van der Waals surface area contributed by atoms with Crippen LogP contribution in [0, 0.1) is 5.92 Å². The molecule has 15 heavy (non-hydrogen) atoms. The first-order valence-corrected chi connectivity index (χ1v) is 6.78. The molecule has 2 rings (SSSR count). The molecule has 0 N–H and O–H groups in total. The van der Waals surface area contributed by atoms with E-state index in [2.05, 4.69) is 23.9 Å². The van der Waals surface area contributed by atoms with Gasteiger partial charge in [0, 0.05) is 18.5 Å². The lowest BCUT2D eigenvalue weighted by molar-refractivity contribution is 0.321. The highest BCUT2D eigenvalue weighted by Gasteiger charge is 2.26. The zero-order chi connectivity index (χ0) is 10.8. The molecule has 1 aromatic heterocycles. The smallest absolute Gasteiger partial charge is 0.186 e. The van der Waals surface area contributed by atoms with E-state index in [9.17, 15) is 0 Å². The van der Waals surface area contributed by atoms with Gasteiger partial charge in [-0.05, 0) is 18.8 Å². The molecule has 0 saturated heterocycles. The fourth-order valence-electron chi connectivity index (χ4n) is 2.42. The van der Waals surface area contributed by atoms with Gasteiger partial charge < -0.3 is 4.90 Å². The van der Waals surface area contributed by atoms with Gasteiger partial charge in [0.25, 0.3) is 0 Å². The molecule has 1 aliphatic rings. The summed E-state index contributed by atoms with van der Waals surface area (Å²) in [4.78, 5) is 6.64. The van der Waals surface area contributed by atoms with E-state index in [0.29, 0.717) is 11.2 Å². The second kappa shape index (κ2) is 4.71. The topological polar surface area (TPSA) is 16.1 Å². The monoisotopic (exact) mass is 244 g/mol. The number of thiazole rings is 1. The molecular weight excluding hydrogens is 228 g/mol. The molecule has 1 heterocycles. The Hall–Kier alpha value is -0.280. The molecule has 0 bridgehead atoms. The highest BCUT2D eigenvalue weighted by Crippen LogP contribution is 2.32. The predicted octanol–water partition coefficient (Wildman–Crippen LogP) is 3.81. The van der Waals surface area contributed by atoms with Crippen LogP contribution < -0.4 is 4.90 Å². The largest absolute Gasteiger partial charge is 0.348 e. The fourth-order valence-corrected chi connectivity index (χ4v) is 3.39. The van der Waals surface area contributed by atoms with E-state index in [-0.39, 0.29) is 0 Å². The molecule has 0 aliphatic heterocycles. The number of hydrogen-bond donors (Lipinski definition) is 0. The minimum atomic E-state index is 0.616. The third-order valence-electron chi connectivity index (χ3n) is 3.33. The number of aromatic nitrogens is 1. The summed E-state index contributed by atoms with van der Waals surface area (Å²) in [5.41, 5.74) is 0. The molecule has 1 saturated carbocycles. The van der Waals surface area contributed by atoms with E-state index in [0.717, 1.165) is 11.0 Å². The van der Waals surface area contributed by atoms with Crippen molar-refractivity contribution in [1.29, 1.82) is 0 Å². The summed E-state index contributed by atoms with van der Waals surface area (Å²) in [6.45, 7) is 2.34. The Balaban J connectivity index is 2.09.